The summed E-state index contributed by atoms with van der Waals surface area (Å²) in [7, 11) is 0. The van der Waals surface area contributed by atoms with Gasteiger partial charge in [-0.3, -0.25) is 15.5 Å². The van der Waals surface area contributed by atoms with Crippen LogP contribution in [0.25, 0.3) is 0 Å². The van der Waals surface area contributed by atoms with Crippen molar-refractivity contribution in [3.8, 4) is 6.07 Å². The Hall–Kier alpha value is -1.18. The Balaban J connectivity index is 0.783. The van der Waals surface area contributed by atoms with Crippen LogP contribution < -0.4 is 16.0 Å². The first-order valence-corrected chi connectivity index (χ1v) is 32.8. The molecule has 0 aromatic heterocycles. The third-order valence-electron chi connectivity index (χ3n) is 26.1. The van der Waals surface area contributed by atoms with Gasteiger partial charge in [0.1, 0.15) is 0 Å². The van der Waals surface area contributed by atoms with Crippen molar-refractivity contribution < 1.29 is 9.84 Å². The predicted octanol–water partition coefficient (Wildman–Crippen LogP) is 12.4. The zero-order valence-electron chi connectivity index (χ0n) is 44.5. The first-order valence-electron chi connectivity index (χ1n) is 31.9. The van der Waals surface area contributed by atoms with Gasteiger partial charge in [0.2, 0.25) is 0 Å². The summed E-state index contributed by atoms with van der Waals surface area (Å²) in [6.45, 7) is 2.69. The molecule has 0 bridgehead atoms. The average Bonchev–Trinajstić information content (AvgIpc) is 4.25. The van der Waals surface area contributed by atoms with E-state index in [1.807, 2.05) is 0 Å². The van der Waals surface area contributed by atoms with Gasteiger partial charge >= 0.3 is 0 Å². The van der Waals surface area contributed by atoms with Gasteiger partial charge in [-0.25, -0.2) is 0 Å². The Kier molecular flexibility index (Phi) is 12.7. The number of hydrogen-bond acceptors (Lipinski definition) is 8. The maximum atomic E-state index is 11.9. The molecule has 15 rings (SSSR count). The minimum atomic E-state index is -0.128. The number of thioether (sulfide) groups is 1. The minimum absolute atomic E-state index is 0.103. The second kappa shape index (κ2) is 19.0. The second-order valence-corrected chi connectivity index (χ2v) is 30.0. The van der Waals surface area contributed by atoms with Gasteiger partial charge in [0, 0.05) is 58.9 Å². The first-order chi connectivity index (χ1) is 35.4. The van der Waals surface area contributed by atoms with Crippen LogP contribution in [0.3, 0.4) is 0 Å². The molecule has 72 heavy (non-hydrogen) atoms. The van der Waals surface area contributed by atoms with E-state index < -0.39 is 0 Å². The van der Waals surface area contributed by atoms with Crippen LogP contribution in [0, 0.1) is 93.2 Å². The van der Waals surface area contributed by atoms with Crippen LogP contribution in [0.5, 0.6) is 0 Å². The topological polar surface area (TPSA) is 92.6 Å². The number of fused-ring (bicyclic) bond motifs is 14. The second-order valence-electron chi connectivity index (χ2n) is 28.7. The molecular formula is C64H95N5O2S. The molecule has 7 saturated carbocycles. The van der Waals surface area contributed by atoms with Crippen molar-refractivity contribution in [1.82, 2.24) is 20.9 Å². The lowest BCUT2D eigenvalue weighted by Gasteiger charge is -2.61. The number of aliphatic hydroxyl groups is 1. The number of rotatable bonds is 5. The smallest absolute Gasteiger partial charge is 0.0791 e. The fourth-order valence-corrected chi connectivity index (χ4v) is 25.2. The van der Waals surface area contributed by atoms with Crippen LogP contribution in [-0.4, -0.2) is 82.0 Å². The van der Waals surface area contributed by atoms with Crippen molar-refractivity contribution in [2.24, 2.45) is 81.8 Å². The number of aliphatic hydroxyl groups excluding tert-OH is 1. The van der Waals surface area contributed by atoms with Crippen LogP contribution in [-0.2, 0) is 4.74 Å². The highest BCUT2D eigenvalue weighted by Crippen LogP contribution is 2.67. The van der Waals surface area contributed by atoms with Crippen molar-refractivity contribution >= 4 is 11.8 Å². The van der Waals surface area contributed by atoms with Crippen molar-refractivity contribution in [2.45, 2.75) is 272 Å². The summed E-state index contributed by atoms with van der Waals surface area (Å²) in [6.07, 6.45) is 50.3. The van der Waals surface area contributed by atoms with E-state index in [0.29, 0.717) is 108 Å². The molecule has 15 aliphatic rings. The van der Waals surface area contributed by atoms with Gasteiger partial charge in [-0.2, -0.15) is 5.26 Å². The van der Waals surface area contributed by atoms with Crippen molar-refractivity contribution in [1.29, 1.82) is 5.26 Å². The zero-order valence-corrected chi connectivity index (χ0v) is 45.4. The van der Waals surface area contributed by atoms with Crippen LogP contribution in [0.2, 0.25) is 0 Å². The number of hydrogen-bond donors (Lipinski definition) is 4. The molecular weight excluding hydrogens is 903 g/mol. The van der Waals surface area contributed by atoms with Crippen LogP contribution in [0.15, 0.2) is 34.8 Å². The Labute approximate surface area is 439 Å². The summed E-state index contributed by atoms with van der Waals surface area (Å²) in [5.41, 5.74) is 2.12. The van der Waals surface area contributed by atoms with E-state index >= 15 is 0 Å². The summed E-state index contributed by atoms with van der Waals surface area (Å²) in [4.78, 5) is 4.87. The fourth-order valence-electron chi connectivity index (χ4n) is 23.6. The van der Waals surface area contributed by atoms with Gasteiger partial charge in [-0.05, 0) is 211 Å². The lowest BCUT2D eigenvalue weighted by molar-refractivity contribution is -0.0694. The molecule has 0 aromatic carbocycles. The number of likely N-dealkylation sites (tertiary alicyclic amines) is 1. The third-order valence-corrected chi connectivity index (χ3v) is 27.6. The number of nitriles is 1. The van der Waals surface area contributed by atoms with Gasteiger partial charge in [-0.15, -0.1) is 11.8 Å². The maximum absolute atomic E-state index is 11.9. The molecule has 394 valence electrons. The molecule has 5 saturated heterocycles. The highest BCUT2D eigenvalue weighted by Gasteiger charge is 2.70. The first kappa shape index (κ1) is 48.0. The predicted molar refractivity (Wildman–Crippen MR) is 289 cm³/mol. The monoisotopic (exact) mass is 998 g/mol. The van der Waals surface area contributed by atoms with Crippen LogP contribution in [0.4, 0.5) is 0 Å². The highest BCUT2D eigenvalue weighted by atomic mass is 32.2. The van der Waals surface area contributed by atoms with E-state index in [1.165, 1.54) is 180 Å². The van der Waals surface area contributed by atoms with E-state index in [4.69, 9.17) is 20.7 Å². The molecule has 10 aliphatic carbocycles. The normalized spacial score (nSPS) is 55.0. The number of allylic oxidation sites excluding steroid dienone is 4. The summed E-state index contributed by atoms with van der Waals surface area (Å²) in [5.74, 6) is 7.35. The molecule has 0 radical (unpaired) electrons. The number of ether oxygens (including phenoxy) is 1. The lowest BCUT2D eigenvalue weighted by Crippen LogP contribution is -2.77. The number of nitrogens with zero attached hydrogens (tertiary/aromatic N) is 2. The molecule has 0 amide bonds. The quantitative estimate of drug-likeness (QED) is 0.203. The number of nitrogens with one attached hydrogen (secondary N) is 3. The third kappa shape index (κ3) is 7.40. The van der Waals surface area contributed by atoms with Gasteiger partial charge in [0.15, 0.2) is 0 Å². The van der Waals surface area contributed by atoms with E-state index in [9.17, 15) is 10.4 Å². The van der Waals surface area contributed by atoms with Crippen LogP contribution in [0.1, 0.15) is 200 Å². The standard InChI is InChI=1S/C64H95N5O2S/c1-63(46-19-8-10-22-51(46)70)32-13-20-47-58(63)44-31-33-64(61(44)66-47)59(37-14-3-2-4-15-37)67-62(39-26-30-55-45(35-39)41-16-7-12-24-54(41)72-55)68-60(64)38-25-27-48(40(34-38)36-65)69-49-21-9-5-17-42(49)56-50(69)28-29-53-57(56)43-18-6-11-23-52(43)71-53/h11,16,23,30,37-40,42-54,56-62,66-68,70H,2-10,12-15,17-22,24-29,31-35H2,1H3. The largest absolute Gasteiger partial charge is 0.393 e. The average molecular weight is 999 g/mol. The van der Waals surface area contributed by atoms with Gasteiger partial charge in [0.25, 0.3) is 0 Å². The maximum Gasteiger partial charge on any atom is 0.0791 e. The molecule has 25 unspecified atom stereocenters. The van der Waals surface area contributed by atoms with Crippen molar-refractivity contribution in [2.75, 3.05) is 0 Å². The van der Waals surface area contributed by atoms with Gasteiger partial charge < -0.3 is 15.2 Å². The Morgan fingerprint density at radius 3 is 2.40 bits per heavy atom. The lowest BCUT2D eigenvalue weighted by atomic mass is 9.53. The molecule has 8 heteroatoms. The Bertz CT molecular complexity index is 2170. The highest BCUT2D eigenvalue weighted by molar-refractivity contribution is 8.04. The van der Waals surface area contributed by atoms with Crippen molar-refractivity contribution in [3.63, 3.8) is 0 Å². The van der Waals surface area contributed by atoms with Gasteiger partial charge in [-0.1, -0.05) is 88.2 Å². The van der Waals surface area contributed by atoms with Crippen LogP contribution >= 0.6 is 11.8 Å². The molecule has 5 heterocycles. The molecule has 1 spiro atoms. The minimum Gasteiger partial charge on any atom is -0.393 e. The fraction of sp³-hybridized carbons (Fsp3) is 0.891. The summed E-state index contributed by atoms with van der Waals surface area (Å²) < 4.78 is 6.97. The summed E-state index contributed by atoms with van der Waals surface area (Å²) in [6, 6.07) is 6.95. The molecule has 4 N–H and O–H groups in total. The Morgan fingerprint density at radius 2 is 1.51 bits per heavy atom. The molecule has 7 nitrogen and oxygen atoms in total. The SMILES string of the molecule is CC1(C2CCCCC2O)CCCC2NC3C(CCC34C(C3CCCCC3)NC(C3CC=C5SC6CCCC=C6C5C3)NC4C3CCC(N4C5CCCCC5C5C6C(CCC54)OC4C=CCCC46)C(C#N)C3)C21. The van der Waals surface area contributed by atoms with E-state index in [2.05, 4.69) is 54.0 Å². The van der Waals surface area contributed by atoms with Crippen molar-refractivity contribution in [3.05, 3.63) is 34.8 Å². The van der Waals surface area contributed by atoms with E-state index in [-0.39, 0.29) is 22.9 Å². The summed E-state index contributed by atoms with van der Waals surface area (Å²) >= 11 is 2.24. The molecule has 12 fully saturated rings. The molecule has 0 aromatic rings. The molecule has 25 atom stereocenters. The molecule has 5 aliphatic heterocycles. The van der Waals surface area contributed by atoms with E-state index in [0.717, 1.165) is 35.8 Å². The van der Waals surface area contributed by atoms with Gasteiger partial charge in [0.05, 0.1) is 36.5 Å². The summed E-state index contributed by atoms with van der Waals surface area (Å²) in [5, 5.41) is 38.7. The Morgan fingerprint density at radius 1 is 0.681 bits per heavy atom. The van der Waals surface area contributed by atoms with E-state index in [1.54, 1.807) is 10.5 Å². The zero-order chi connectivity index (χ0) is 47.9.